The third-order valence-corrected chi connectivity index (χ3v) is 3.70. The summed E-state index contributed by atoms with van der Waals surface area (Å²) in [6.45, 7) is 3.37. The highest BCUT2D eigenvalue weighted by atomic mass is 16.5. The molecule has 1 heterocycles. The van der Waals surface area contributed by atoms with Crippen molar-refractivity contribution in [1.29, 1.82) is 0 Å². The van der Waals surface area contributed by atoms with Crippen LogP contribution in [0.5, 0.6) is 5.75 Å². The molecule has 3 rings (SSSR count). The molecule has 7 heteroatoms. The van der Waals surface area contributed by atoms with Crippen LogP contribution in [0.4, 0.5) is 11.4 Å². The molecule has 128 valence electrons. The molecule has 25 heavy (non-hydrogen) atoms. The molecular weight excluding hydrogens is 320 g/mol. The van der Waals surface area contributed by atoms with Crippen molar-refractivity contribution in [3.05, 3.63) is 47.7 Å². The summed E-state index contributed by atoms with van der Waals surface area (Å²) in [7, 11) is 1.50. The van der Waals surface area contributed by atoms with Gasteiger partial charge in [0.15, 0.2) is 5.69 Å². The number of aromatic nitrogens is 2. The highest BCUT2D eigenvalue weighted by molar-refractivity contribution is 6.11. The summed E-state index contributed by atoms with van der Waals surface area (Å²) in [4.78, 5) is 23.8. The van der Waals surface area contributed by atoms with Gasteiger partial charge in [-0.05, 0) is 31.2 Å². The number of hydrogen-bond acceptors (Lipinski definition) is 4. The van der Waals surface area contributed by atoms with Gasteiger partial charge in [-0.25, -0.2) is 0 Å². The maximum absolute atomic E-state index is 12.6. The smallest absolute Gasteiger partial charge is 0.276 e. The Morgan fingerprint density at radius 1 is 1.12 bits per heavy atom. The van der Waals surface area contributed by atoms with Crippen LogP contribution in [-0.2, 0) is 4.79 Å². The van der Waals surface area contributed by atoms with Gasteiger partial charge in [-0.1, -0.05) is 11.6 Å². The number of ether oxygens (including phenoxy) is 1. The van der Waals surface area contributed by atoms with Crippen LogP contribution >= 0.6 is 0 Å². The van der Waals surface area contributed by atoms with Crippen molar-refractivity contribution in [3.63, 3.8) is 0 Å². The molecule has 0 saturated heterocycles. The number of benzene rings is 2. The number of fused-ring (bicyclic) bond motifs is 1. The molecule has 0 bridgehead atoms. The van der Waals surface area contributed by atoms with E-state index in [1.54, 1.807) is 18.2 Å². The van der Waals surface area contributed by atoms with Crippen LogP contribution in [0.1, 0.15) is 23.0 Å². The third-order valence-electron chi connectivity index (χ3n) is 3.70. The lowest BCUT2D eigenvalue weighted by Gasteiger charge is -2.11. The monoisotopic (exact) mass is 338 g/mol. The molecule has 0 unspecified atom stereocenters. The lowest BCUT2D eigenvalue weighted by atomic mass is 10.1. The predicted octanol–water partition coefficient (Wildman–Crippen LogP) is 3.09. The largest absolute Gasteiger partial charge is 0.494 e. The molecule has 2 amide bonds. The van der Waals surface area contributed by atoms with Crippen molar-refractivity contribution in [2.45, 2.75) is 13.8 Å². The van der Waals surface area contributed by atoms with Crippen molar-refractivity contribution < 1.29 is 14.3 Å². The number of nitrogens with one attached hydrogen (secondary N) is 3. The van der Waals surface area contributed by atoms with Gasteiger partial charge < -0.3 is 15.4 Å². The quantitative estimate of drug-likeness (QED) is 0.681. The van der Waals surface area contributed by atoms with Crippen molar-refractivity contribution in [2.75, 3.05) is 17.7 Å². The normalized spacial score (nSPS) is 10.5. The van der Waals surface area contributed by atoms with E-state index in [2.05, 4.69) is 20.8 Å². The van der Waals surface area contributed by atoms with E-state index in [1.165, 1.54) is 14.0 Å². The molecule has 0 atom stereocenters. The first kappa shape index (κ1) is 16.5. The van der Waals surface area contributed by atoms with Gasteiger partial charge in [0.1, 0.15) is 5.75 Å². The van der Waals surface area contributed by atoms with Crippen LogP contribution in [0.2, 0.25) is 0 Å². The van der Waals surface area contributed by atoms with Crippen LogP contribution in [0.25, 0.3) is 10.9 Å². The molecule has 0 radical (unpaired) electrons. The van der Waals surface area contributed by atoms with Crippen LogP contribution in [0.3, 0.4) is 0 Å². The van der Waals surface area contributed by atoms with Gasteiger partial charge in [0.05, 0.1) is 18.3 Å². The van der Waals surface area contributed by atoms with Crippen LogP contribution in [0, 0.1) is 6.92 Å². The van der Waals surface area contributed by atoms with Gasteiger partial charge in [-0.3, -0.25) is 14.7 Å². The predicted molar refractivity (Wildman–Crippen MR) is 96.1 cm³/mol. The van der Waals surface area contributed by atoms with E-state index in [1.807, 2.05) is 25.1 Å². The standard InChI is InChI=1S/C18H18N4O3/c1-10-4-6-14-13(8-10)17(22-21-14)18(24)20-12-5-7-15(19-11(2)23)16(9-12)25-3/h4-9H,1-3H3,(H,19,23)(H,20,24)(H,21,22). The third kappa shape index (κ3) is 3.45. The Hall–Kier alpha value is -3.35. The Morgan fingerprint density at radius 3 is 2.64 bits per heavy atom. The molecule has 0 saturated carbocycles. The number of aryl methyl sites for hydroxylation is 1. The number of amides is 2. The summed E-state index contributed by atoms with van der Waals surface area (Å²) in [6, 6.07) is 10.7. The van der Waals surface area contributed by atoms with Crippen LogP contribution in [-0.4, -0.2) is 29.1 Å². The van der Waals surface area contributed by atoms with E-state index < -0.39 is 0 Å². The molecule has 1 aromatic heterocycles. The summed E-state index contributed by atoms with van der Waals surface area (Å²) < 4.78 is 5.26. The zero-order chi connectivity index (χ0) is 18.0. The second-order valence-corrected chi connectivity index (χ2v) is 5.67. The van der Waals surface area contributed by atoms with Crippen molar-refractivity contribution >= 4 is 34.1 Å². The highest BCUT2D eigenvalue weighted by Crippen LogP contribution is 2.28. The number of carbonyl (C=O) groups is 2. The number of anilines is 2. The molecule has 0 spiro atoms. The Bertz CT molecular complexity index is 962. The minimum absolute atomic E-state index is 0.201. The number of hydrogen-bond donors (Lipinski definition) is 3. The maximum Gasteiger partial charge on any atom is 0.276 e. The molecule has 0 aliphatic carbocycles. The van der Waals surface area contributed by atoms with Crippen molar-refractivity contribution in [3.8, 4) is 5.75 Å². The highest BCUT2D eigenvalue weighted by Gasteiger charge is 2.15. The average molecular weight is 338 g/mol. The Balaban J connectivity index is 1.87. The minimum Gasteiger partial charge on any atom is -0.494 e. The van der Waals surface area contributed by atoms with Gasteiger partial charge in [-0.15, -0.1) is 0 Å². The van der Waals surface area contributed by atoms with Gasteiger partial charge in [0.25, 0.3) is 5.91 Å². The molecule has 0 fully saturated rings. The second kappa shape index (κ2) is 6.64. The van der Waals surface area contributed by atoms with Gasteiger partial charge >= 0.3 is 0 Å². The number of H-pyrrole nitrogens is 1. The zero-order valence-electron chi connectivity index (χ0n) is 14.1. The fourth-order valence-corrected chi connectivity index (χ4v) is 2.55. The average Bonchev–Trinajstić information content (AvgIpc) is 2.98. The molecule has 3 aromatic rings. The SMILES string of the molecule is COc1cc(NC(=O)c2n[nH]c3ccc(C)cc23)ccc1NC(C)=O. The number of aromatic amines is 1. The topological polar surface area (TPSA) is 96.1 Å². The number of carbonyl (C=O) groups excluding carboxylic acids is 2. The number of methoxy groups -OCH3 is 1. The van der Waals surface area contributed by atoms with E-state index in [4.69, 9.17) is 4.74 Å². The summed E-state index contributed by atoms with van der Waals surface area (Å²) in [5.41, 5.74) is 3.25. The number of nitrogens with zero attached hydrogens (tertiary/aromatic N) is 1. The van der Waals surface area contributed by atoms with E-state index in [0.717, 1.165) is 16.5 Å². The van der Waals surface area contributed by atoms with E-state index in [9.17, 15) is 9.59 Å². The fourth-order valence-electron chi connectivity index (χ4n) is 2.55. The summed E-state index contributed by atoms with van der Waals surface area (Å²) in [5.74, 6) is -0.0737. The molecule has 7 nitrogen and oxygen atoms in total. The van der Waals surface area contributed by atoms with Gasteiger partial charge in [0.2, 0.25) is 5.91 Å². The van der Waals surface area contributed by atoms with Gasteiger partial charge in [0, 0.05) is 24.1 Å². The lowest BCUT2D eigenvalue weighted by molar-refractivity contribution is -0.114. The minimum atomic E-state index is -0.328. The van der Waals surface area contributed by atoms with Crippen molar-refractivity contribution in [1.82, 2.24) is 10.2 Å². The molecule has 0 aliphatic rings. The van der Waals surface area contributed by atoms with E-state index in [0.29, 0.717) is 22.8 Å². The van der Waals surface area contributed by atoms with Crippen molar-refractivity contribution in [2.24, 2.45) is 0 Å². The molecular formula is C18H18N4O3. The molecule has 2 aromatic carbocycles. The second-order valence-electron chi connectivity index (χ2n) is 5.67. The first-order valence-electron chi connectivity index (χ1n) is 7.69. The Kier molecular flexibility index (Phi) is 4.38. The summed E-state index contributed by atoms with van der Waals surface area (Å²) >= 11 is 0. The maximum atomic E-state index is 12.6. The van der Waals surface area contributed by atoms with E-state index >= 15 is 0 Å². The van der Waals surface area contributed by atoms with E-state index in [-0.39, 0.29) is 11.8 Å². The number of rotatable bonds is 4. The first-order chi connectivity index (χ1) is 12.0. The Morgan fingerprint density at radius 2 is 1.92 bits per heavy atom. The van der Waals surface area contributed by atoms with Gasteiger partial charge in [-0.2, -0.15) is 5.10 Å². The molecule has 0 aliphatic heterocycles. The Labute approximate surface area is 144 Å². The zero-order valence-corrected chi connectivity index (χ0v) is 14.1. The lowest BCUT2D eigenvalue weighted by Crippen LogP contribution is -2.13. The van der Waals surface area contributed by atoms with Crippen LogP contribution < -0.4 is 15.4 Å². The van der Waals surface area contributed by atoms with Crippen LogP contribution in [0.15, 0.2) is 36.4 Å². The summed E-state index contributed by atoms with van der Waals surface area (Å²) in [6.07, 6.45) is 0. The molecule has 3 N–H and O–H groups in total. The summed E-state index contributed by atoms with van der Waals surface area (Å²) in [5, 5.41) is 13.2. The fraction of sp³-hybridized carbons (Fsp3) is 0.167. The first-order valence-corrected chi connectivity index (χ1v) is 7.69.